The summed E-state index contributed by atoms with van der Waals surface area (Å²) in [5.74, 6) is -0.418. The van der Waals surface area contributed by atoms with Gasteiger partial charge in [0.1, 0.15) is 0 Å². The molecule has 6 nitrogen and oxygen atoms in total. The van der Waals surface area contributed by atoms with E-state index in [4.69, 9.17) is 11.6 Å². The van der Waals surface area contributed by atoms with Gasteiger partial charge in [-0.25, -0.2) is 8.42 Å². The molecule has 0 aliphatic rings. The van der Waals surface area contributed by atoms with E-state index in [1.165, 1.54) is 22.5 Å². The van der Waals surface area contributed by atoms with Gasteiger partial charge in [0.05, 0.1) is 27.2 Å². The van der Waals surface area contributed by atoms with Crippen molar-refractivity contribution in [2.75, 3.05) is 31.5 Å². The van der Waals surface area contributed by atoms with Crippen LogP contribution in [0.25, 0.3) is 0 Å². The van der Waals surface area contributed by atoms with Crippen LogP contribution in [0.1, 0.15) is 28.2 Å². The zero-order valence-electron chi connectivity index (χ0n) is 18.2. The summed E-state index contributed by atoms with van der Waals surface area (Å²) in [7, 11) is 0.0192. The van der Waals surface area contributed by atoms with Crippen LogP contribution in [0.4, 0.5) is 5.69 Å². The van der Waals surface area contributed by atoms with Crippen molar-refractivity contribution in [3.63, 3.8) is 0 Å². The number of nitrogens with zero attached hydrogens (tertiary/aromatic N) is 2. The maximum atomic E-state index is 13.3. The van der Waals surface area contributed by atoms with Crippen LogP contribution in [0.2, 0.25) is 5.02 Å². The molecule has 32 heavy (non-hydrogen) atoms. The summed E-state index contributed by atoms with van der Waals surface area (Å²) >= 11 is 7.89. The number of carbonyl (C=O) groups is 1. The fourth-order valence-corrected chi connectivity index (χ4v) is 5.98. The molecule has 0 spiro atoms. The van der Waals surface area contributed by atoms with Gasteiger partial charge in [-0.15, -0.1) is 11.3 Å². The molecular weight excluding hydrogens is 466 g/mol. The van der Waals surface area contributed by atoms with Gasteiger partial charge in [-0.2, -0.15) is 0 Å². The lowest BCUT2D eigenvalue weighted by molar-refractivity contribution is 0.0942. The monoisotopic (exact) mass is 491 g/mol. The molecule has 0 saturated heterocycles. The lowest BCUT2D eigenvalue weighted by Crippen LogP contribution is -2.34. The Balaban J connectivity index is 1.85. The van der Waals surface area contributed by atoms with Gasteiger partial charge < -0.3 is 10.2 Å². The molecule has 0 unspecified atom stereocenters. The number of halogens is 1. The number of anilines is 1. The minimum atomic E-state index is -3.87. The lowest BCUT2D eigenvalue weighted by atomic mass is 10.2. The molecule has 1 atom stereocenters. The van der Waals surface area contributed by atoms with Gasteiger partial charge in [-0.3, -0.25) is 9.10 Å². The Bertz CT molecular complexity index is 1150. The molecule has 1 aromatic heterocycles. The Morgan fingerprint density at radius 1 is 1.09 bits per heavy atom. The molecular formula is C23H26ClN3O3S2. The van der Waals surface area contributed by atoms with E-state index in [9.17, 15) is 13.2 Å². The Morgan fingerprint density at radius 3 is 2.41 bits per heavy atom. The number of carbonyl (C=O) groups excluding carboxylic acids is 1. The number of sulfonamides is 1. The van der Waals surface area contributed by atoms with Crippen molar-refractivity contribution in [2.24, 2.45) is 0 Å². The fraction of sp³-hybridized carbons (Fsp3) is 0.261. The van der Waals surface area contributed by atoms with Gasteiger partial charge >= 0.3 is 0 Å². The number of nitrogens with one attached hydrogen (secondary N) is 1. The molecule has 0 radical (unpaired) electrons. The van der Waals surface area contributed by atoms with Crippen molar-refractivity contribution in [1.29, 1.82) is 0 Å². The van der Waals surface area contributed by atoms with E-state index in [0.29, 0.717) is 12.2 Å². The van der Waals surface area contributed by atoms with Gasteiger partial charge in [-0.1, -0.05) is 35.9 Å². The van der Waals surface area contributed by atoms with E-state index in [1.54, 1.807) is 42.5 Å². The van der Waals surface area contributed by atoms with Crippen LogP contribution in [-0.4, -0.2) is 46.4 Å². The third-order valence-corrected chi connectivity index (χ3v) is 8.25. The zero-order valence-corrected chi connectivity index (χ0v) is 20.5. The van der Waals surface area contributed by atoms with Gasteiger partial charge in [0.2, 0.25) is 0 Å². The topological polar surface area (TPSA) is 69.7 Å². The first-order chi connectivity index (χ1) is 15.3. The van der Waals surface area contributed by atoms with E-state index >= 15 is 0 Å². The maximum Gasteiger partial charge on any atom is 0.264 e. The first-order valence-electron chi connectivity index (χ1n) is 10.1. The molecule has 0 aliphatic heterocycles. The molecule has 170 valence electrons. The Hall–Kier alpha value is -2.39. The van der Waals surface area contributed by atoms with Gasteiger partial charge in [0, 0.05) is 18.0 Å². The second-order valence-electron chi connectivity index (χ2n) is 7.35. The first-order valence-corrected chi connectivity index (χ1v) is 12.8. The second kappa shape index (κ2) is 10.5. The highest BCUT2D eigenvalue weighted by atomic mass is 35.5. The minimum Gasteiger partial charge on any atom is -0.350 e. The number of thiophene rings is 1. The predicted molar refractivity (Wildman–Crippen MR) is 131 cm³/mol. The highest BCUT2D eigenvalue weighted by Crippen LogP contribution is 2.27. The van der Waals surface area contributed by atoms with Crippen molar-refractivity contribution in [3.8, 4) is 0 Å². The summed E-state index contributed by atoms with van der Waals surface area (Å²) in [5.41, 5.74) is 0.682. The summed E-state index contributed by atoms with van der Waals surface area (Å²) in [6.07, 6.45) is 0. The molecule has 2 aromatic carbocycles. The number of benzene rings is 2. The molecule has 1 amide bonds. The molecule has 0 aliphatic carbocycles. The van der Waals surface area contributed by atoms with E-state index < -0.39 is 15.9 Å². The maximum absolute atomic E-state index is 13.3. The van der Waals surface area contributed by atoms with Crippen molar-refractivity contribution >= 4 is 44.6 Å². The Kier molecular flexibility index (Phi) is 7.95. The molecule has 0 bridgehead atoms. The number of likely N-dealkylation sites (N-methyl/N-ethyl adjacent to an activating group) is 1. The Morgan fingerprint density at radius 2 is 1.81 bits per heavy atom. The molecule has 1 heterocycles. The molecule has 3 aromatic rings. The van der Waals surface area contributed by atoms with Crippen molar-refractivity contribution < 1.29 is 13.2 Å². The smallest absolute Gasteiger partial charge is 0.264 e. The lowest BCUT2D eigenvalue weighted by Gasteiger charge is -2.24. The van der Waals surface area contributed by atoms with Crippen LogP contribution in [-0.2, 0) is 10.0 Å². The fourth-order valence-electron chi connectivity index (χ4n) is 3.35. The van der Waals surface area contributed by atoms with E-state index in [-0.39, 0.29) is 28.1 Å². The van der Waals surface area contributed by atoms with Crippen LogP contribution in [0.3, 0.4) is 0 Å². The summed E-state index contributed by atoms with van der Waals surface area (Å²) in [6.45, 7) is 2.38. The minimum absolute atomic E-state index is 0.00157. The normalized spacial score (nSPS) is 12.5. The largest absolute Gasteiger partial charge is 0.350 e. The van der Waals surface area contributed by atoms with Gasteiger partial charge in [0.25, 0.3) is 15.9 Å². The van der Waals surface area contributed by atoms with Gasteiger partial charge in [0.15, 0.2) is 0 Å². The number of hydrogen-bond acceptors (Lipinski definition) is 5. The van der Waals surface area contributed by atoms with Crippen LogP contribution < -0.4 is 9.62 Å². The Labute approximate surface area is 198 Å². The molecule has 3 rings (SSSR count). The first kappa shape index (κ1) is 24.3. The number of amides is 1. The standard InChI is InChI=1S/C23H26ClN3O3S2/c1-4-27(17-9-6-5-7-10-17)32(29,30)18-12-13-20(24)19(15-18)23(28)25-16-21(26(2)3)22-11-8-14-31-22/h5-15,21H,4,16H2,1-3H3,(H,25,28)/t21-/m0/s1. The van der Waals surface area contributed by atoms with Crippen molar-refractivity contribution in [2.45, 2.75) is 17.9 Å². The van der Waals surface area contributed by atoms with Crippen LogP contribution in [0, 0.1) is 0 Å². The van der Waals surface area contributed by atoms with Crippen LogP contribution in [0.15, 0.2) is 70.9 Å². The number of para-hydroxylation sites is 1. The highest BCUT2D eigenvalue weighted by Gasteiger charge is 2.26. The highest BCUT2D eigenvalue weighted by molar-refractivity contribution is 7.92. The SMILES string of the molecule is CCN(c1ccccc1)S(=O)(=O)c1ccc(Cl)c(C(=O)NC[C@@H](c2cccs2)N(C)C)c1. The summed E-state index contributed by atoms with van der Waals surface area (Å²) < 4.78 is 27.9. The van der Waals surface area contributed by atoms with E-state index in [2.05, 4.69) is 5.32 Å². The van der Waals surface area contributed by atoms with Crippen molar-refractivity contribution in [3.05, 3.63) is 81.5 Å². The van der Waals surface area contributed by atoms with Crippen LogP contribution >= 0.6 is 22.9 Å². The second-order valence-corrected chi connectivity index (χ2v) is 10.6. The predicted octanol–water partition coefficient (Wildman–Crippen LogP) is 4.65. The zero-order chi connectivity index (χ0) is 23.3. The molecule has 9 heteroatoms. The summed E-state index contributed by atoms with van der Waals surface area (Å²) in [4.78, 5) is 16.1. The molecule has 0 fully saturated rings. The third-order valence-electron chi connectivity index (χ3n) is 5.05. The molecule has 1 N–H and O–H groups in total. The third kappa shape index (κ3) is 5.32. The summed E-state index contributed by atoms with van der Waals surface area (Å²) in [6, 6.07) is 17.1. The number of rotatable bonds is 9. The van der Waals surface area contributed by atoms with E-state index in [1.807, 2.05) is 42.6 Å². The molecule has 0 saturated carbocycles. The summed E-state index contributed by atoms with van der Waals surface area (Å²) in [5, 5.41) is 5.08. The quantitative estimate of drug-likeness (QED) is 0.473. The average molecular weight is 492 g/mol. The number of hydrogen-bond donors (Lipinski definition) is 1. The van der Waals surface area contributed by atoms with Gasteiger partial charge in [-0.05, 0) is 62.8 Å². The average Bonchev–Trinajstić information content (AvgIpc) is 3.29. The van der Waals surface area contributed by atoms with Crippen LogP contribution in [0.5, 0.6) is 0 Å². The van der Waals surface area contributed by atoms with E-state index in [0.717, 1.165) is 4.88 Å². The van der Waals surface area contributed by atoms with Crippen molar-refractivity contribution in [1.82, 2.24) is 10.2 Å².